The van der Waals surface area contributed by atoms with Gasteiger partial charge in [-0.05, 0) is 49.0 Å². The molecule has 1 aromatic heterocycles. The molecule has 1 N–H and O–H groups in total. The van der Waals surface area contributed by atoms with Gasteiger partial charge in [0, 0.05) is 12.6 Å². The van der Waals surface area contributed by atoms with Crippen LogP contribution in [-0.2, 0) is 4.79 Å². The molecule has 0 spiro atoms. The first-order valence-electron chi connectivity index (χ1n) is 10.2. The number of para-hydroxylation sites is 2. The molecule has 6 heteroatoms. The molecule has 1 amide bonds. The van der Waals surface area contributed by atoms with Crippen molar-refractivity contribution in [2.24, 2.45) is 0 Å². The number of benzene rings is 2. The van der Waals surface area contributed by atoms with Gasteiger partial charge in [0.1, 0.15) is 5.75 Å². The van der Waals surface area contributed by atoms with E-state index in [1.165, 1.54) is 6.08 Å². The van der Waals surface area contributed by atoms with Gasteiger partial charge in [-0.15, -0.1) is 0 Å². The lowest BCUT2D eigenvalue weighted by atomic mass is 10.0. The number of ether oxygens (including phenoxy) is 1. The number of methoxy groups -OCH3 is 1. The first kappa shape index (κ1) is 21.5. The molecule has 1 unspecified atom stereocenters. The Morgan fingerprint density at radius 3 is 2.63 bits per heavy atom. The highest BCUT2D eigenvalue weighted by Crippen LogP contribution is 2.23. The number of fused-ring (bicyclic) bond motifs is 1. The molecule has 0 bridgehead atoms. The van der Waals surface area contributed by atoms with Crippen LogP contribution in [-0.4, -0.2) is 47.5 Å². The van der Waals surface area contributed by atoms with E-state index in [4.69, 9.17) is 4.74 Å². The van der Waals surface area contributed by atoms with Crippen molar-refractivity contribution >= 4 is 23.0 Å². The third-order valence-corrected chi connectivity index (χ3v) is 5.07. The maximum Gasteiger partial charge on any atom is 0.244 e. The normalized spacial score (nSPS) is 12.4. The summed E-state index contributed by atoms with van der Waals surface area (Å²) in [5, 5.41) is 3.02. The van der Waals surface area contributed by atoms with Gasteiger partial charge in [-0.2, -0.15) is 0 Å². The van der Waals surface area contributed by atoms with Crippen LogP contribution in [0.1, 0.15) is 31.1 Å². The lowest BCUT2D eigenvalue weighted by molar-refractivity contribution is -0.116. The van der Waals surface area contributed by atoms with E-state index in [1.807, 2.05) is 42.5 Å². The van der Waals surface area contributed by atoms with E-state index in [0.717, 1.165) is 35.4 Å². The van der Waals surface area contributed by atoms with Crippen LogP contribution in [0.2, 0.25) is 0 Å². The van der Waals surface area contributed by atoms with Crippen molar-refractivity contribution in [2.75, 3.05) is 26.7 Å². The molecule has 0 aliphatic carbocycles. The van der Waals surface area contributed by atoms with Gasteiger partial charge in [-0.1, -0.05) is 38.1 Å². The molecular formula is C24H28N4O2. The zero-order chi connectivity index (χ0) is 21.3. The van der Waals surface area contributed by atoms with Gasteiger partial charge in [0.15, 0.2) is 0 Å². The zero-order valence-corrected chi connectivity index (χ0v) is 17.7. The molecule has 0 saturated heterocycles. The Hall–Kier alpha value is -3.25. The minimum atomic E-state index is -0.162. The van der Waals surface area contributed by atoms with Crippen LogP contribution in [0.15, 0.2) is 60.8 Å². The van der Waals surface area contributed by atoms with Crippen molar-refractivity contribution in [1.29, 1.82) is 0 Å². The van der Waals surface area contributed by atoms with Gasteiger partial charge in [-0.25, -0.2) is 4.98 Å². The van der Waals surface area contributed by atoms with Crippen molar-refractivity contribution in [1.82, 2.24) is 20.2 Å². The Labute approximate surface area is 177 Å². The molecule has 1 atom stereocenters. The lowest BCUT2D eigenvalue weighted by Crippen LogP contribution is -2.37. The largest absolute Gasteiger partial charge is 0.497 e. The number of rotatable bonds is 9. The number of carbonyl (C=O) groups is 1. The Kier molecular flexibility index (Phi) is 7.51. The summed E-state index contributed by atoms with van der Waals surface area (Å²) in [6, 6.07) is 15.7. The summed E-state index contributed by atoms with van der Waals surface area (Å²) in [7, 11) is 1.66. The fourth-order valence-electron chi connectivity index (χ4n) is 3.44. The van der Waals surface area contributed by atoms with Crippen molar-refractivity contribution in [3.63, 3.8) is 0 Å². The first-order chi connectivity index (χ1) is 14.6. The molecule has 0 saturated carbocycles. The molecule has 0 radical (unpaired) electrons. The minimum absolute atomic E-state index is 0.0629. The van der Waals surface area contributed by atoms with E-state index < -0.39 is 0 Å². The molecule has 30 heavy (non-hydrogen) atoms. The highest BCUT2D eigenvalue weighted by molar-refractivity contribution is 5.91. The van der Waals surface area contributed by atoms with E-state index in [-0.39, 0.29) is 11.9 Å². The number of likely N-dealkylation sites (N-methyl/N-ethyl adjacent to an activating group) is 1. The summed E-state index contributed by atoms with van der Waals surface area (Å²) in [6.45, 7) is 6.52. The van der Waals surface area contributed by atoms with Crippen LogP contribution < -0.4 is 10.1 Å². The van der Waals surface area contributed by atoms with Crippen molar-refractivity contribution in [2.45, 2.75) is 19.9 Å². The van der Waals surface area contributed by atoms with Crippen LogP contribution in [0.4, 0.5) is 0 Å². The predicted molar refractivity (Wildman–Crippen MR) is 120 cm³/mol. The van der Waals surface area contributed by atoms with Crippen molar-refractivity contribution in [3.8, 4) is 5.75 Å². The molecule has 0 fully saturated rings. The second-order valence-electron chi connectivity index (χ2n) is 6.88. The Balaban J connectivity index is 1.69. The fraction of sp³-hybridized carbons (Fsp3) is 0.292. The molecule has 0 aliphatic rings. The van der Waals surface area contributed by atoms with Gasteiger partial charge in [-0.3, -0.25) is 14.7 Å². The van der Waals surface area contributed by atoms with Crippen molar-refractivity contribution < 1.29 is 9.53 Å². The van der Waals surface area contributed by atoms with Crippen molar-refractivity contribution in [3.05, 3.63) is 72.1 Å². The number of aromatic nitrogens is 2. The summed E-state index contributed by atoms with van der Waals surface area (Å²) in [5.41, 5.74) is 3.40. The molecule has 2 aromatic carbocycles. The van der Waals surface area contributed by atoms with Crippen LogP contribution >= 0.6 is 0 Å². The number of hydrogen-bond acceptors (Lipinski definition) is 5. The van der Waals surface area contributed by atoms with E-state index in [9.17, 15) is 4.79 Å². The molecule has 156 valence electrons. The smallest absolute Gasteiger partial charge is 0.244 e. The lowest BCUT2D eigenvalue weighted by Gasteiger charge is -2.30. The predicted octanol–water partition coefficient (Wildman–Crippen LogP) is 3.85. The molecular weight excluding hydrogens is 376 g/mol. The summed E-state index contributed by atoms with van der Waals surface area (Å²) < 4.78 is 5.37. The molecule has 1 heterocycles. The van der Waals surface area contributed by atoms with E-state index in [0.29, 0.717) is 12.2 Å². The second-order valence-corrected chi connectivity index (χ2v) is 6.88. The number of nitrogens with zero attached hydrogens (tertiary/aromatic N) is 3. The number of nitrogens with one attached hydrogen (secondary N) is 1. The van der Waals surface area contributed by atoms with Gasteiger partial charge in [0.25, 0.3) is 0 Å². The SMILES string of the molecule is CCN(CC)C(CNC(=O)/C=C/c1cnc2ccccc2n1)c1cccc(OC)c1. The maximum atomic E-state index is 12.4. The molecule has 3 aromatic rings. The summed E-state index contributed by atoms with van der Waals surface area (Å²) in [4.78, 5) is 23.6. The monoisotopic (exact) mass is 404 g/mol. The van der Waals surface area contributed by atoms with Gasteiger partial charge < -0.3 is 10.1 Å². The average molecular weight is 405 g/mol. The van der Waals surface area contributed by atoms with E-state index in [2.05, 4.69) is 40.1 Å². The highest BCUT2D eigenvalue weighted by atomic mass is 16.5. The Bertz CT molecular complexity index is 1010. The van der Waals surface area contributed by atoms with Crippen LogP contribution in [0.25, 0.3) is 17.1 Å². The highest BCUT2D eigenvalue weighted by Gasteiger charge is 2.19. The first-order valence-corrected chi connectivity index (χ1v) is 10.2. The van der Waals surface area contributed by atoms with Crippen LogP contribution in [0, 0.1) is 0 Å². The number of hydrogen-bond donors (Lipinski definition) is 1. The summed E-state index contributed by atoms with van der Waals surface area (Å²) in [5.74, 6) is 0.649. The second kappa shape index (κ2) is 10.5. The summed E-state index contributed by atoms with van der Waals surface area (Å²) >= 11 is 0. The Morgan fingerprint density at radius 1 is 1.13 bits per heavy atom. The van der Waals surface area contributed by atoms with Gasteiger partial charge >= 0.3 is 0 Å². The average Bonchev–Trinajstić information content (AvgIpc) is 2.80. The molecule has 6 nitrogen and oxygen atoms in total. The molecule has 0 aliphatic heterocycles. The van der Waals surface area contributed by atoms with Gasteiger partial charge in [0.2, 0.25) is 5.91 Å². The topological polar surface area (TPSA) is 67.4 Å². The van der Waals surface area contributed by atoms with E-state index in [1.54, 1.807) is 19.4 Å². The quantitative estimate of drug-likeness (QED) is 0.549. The third kappa shape index (κ3) is 5.42. The van der Waals surface area contributed by atoms with Crippen LogP contribution in [0.3, 0.4) is 0 Å². The third-order valence-electron chi connectivity index (χ3n) is 5.07. The Morgan fingerprint density at radius 2 is 1.90 bits per heavy atom. The fourth-order valence-corrected chi connectivity index (χ4v) is 3.44. The summed E-state index contributed by atoms with van der Waals surface area (Å²) in [6.07, 6.45) is 4.86. The standard InChI is InChI=1S/C24H28N4O2/c1-4-28(5-2)23(18-9-8-10-20(15-18)30-3)17-26-24(29)14-13-19-16-25-21-11-6-7-12-22(21)27-19/h6-16,23H,4-5,17H2,1-3H3,(H,26,29)/b14-13+. The van der Waals surface area contributed by atoms with Gasteiger partial charge in [0.05, 0.1) is 36.1 Å². The number of amides is 1. The molecule has 3 rings (SSSR count). The van der Waals surface area contributed by atoms with Crippen LogP contribution in [0.5, 0.6) is 5.75 Å². The minimum Gasteiger partial charge on any atom is -0.497 e. The zero-order valence-electron chi connectivity index (χ0n) is 17.7. The van der Waals surface area contributed by atoms with E-state index >= 15 is 0 Å². The maximum absolute atomic E-state index is 12.4. The number of carbonyl (C=O) groups excluding carboxylic acids is 1.